The summed E-state index contributed by atoms with van der Waals surface area (Å²) in [6.07, 6.45) is 0. The van der Waals surface area contributed by atoms with Crippen LogP contribution in [0.1, 0.15) is 17.4 Å². The highest BCUT2D eigenvalue weighted by atomic mass is 127. The molecule has 0 fully saturated rings. The third kappa shape index (κ3) is 1.23. The van der Waals surface area contributed by atoms with Crippen LogP contribution in [0.3, 0.4) is 0 Å². The van der Waals surface area contributed by atoms with Crippen LogP contribution in [0.2, 0.25) is 0 Å². The molecule has 1 aromatic rings. The fourth-order valence-corrected chi connectivity index (χ4v) is 1.28. The second-order valence-electron chi connectivity index (χ2n) is 2.16. The van der Waals surface area contributed by atoms with Crippen molar-refractivity contribution in [1.82, 2.24) is 4.57 Å². The van der Waals surface area contributed by atoms with Crippen LogP contribution in [0.4, 0.5) is 0 Å². The summed E-state index contributed by atoms with van der Waals surface area (Å²) in [5, 5.41) is 0. The number of ketones is 1. The van der Waals surface area contributed by atoms with Gasteiger partial charge in [-0.25, -0.2) is 0 Å². The van der Waals surface area contributed by atoms with E-state index in [1.807, 2.05) is 23.7 Å². The summed E-state index contributed by atoms with van der Waals surface area (Å²) in [7, 11) is 1.89. The van der Waals surface area contributed by atoms with Crippen LogP contribution in [0.25, 0.3) is 0 Å². The SMILES string of the molecule is CC(=O)c1ccc(I)n1C. The maximum Gasteiger partial charge on any atom is 0.176 e. The molecule has 1 aromatic heterocycles. The molecule has 0 aliphatic carbocycles. The van der Waals surface area contributed by atoms with Crippen LogP contribution in [-0.4, -0.2) is 10.4 Å². The third-order valence-electron chi connectivity index (χ3n) is 1.42. The number of nitrogens with zero attached hydrogens (tertiary/aromatic N) is 1. The van der Waals surface area contributed by atoms with E-state index in [0.29, 0.717) is 0 Å². The zero-order valence-electron chi connectivity index (χ0n) is 5.89. The van der Waals surface area contributed by atoms with Gasteiger partial charge in [0.1, 0.15) is 0 Å². The molecule has 54 valence electrons. The molecule has 0 radical (unpaired) electrons. The molecular weight excluding hydrogens is 241 g/mol. The van der Waals surface area contributed by atoms with Gasteiger partial charge in [0.15, 0.2) is 5.78 Å². The molecule has 0 N–H and O–H groups in total. The van der Waals surface area contributed by atoms with E-state index in [0.717, 1.165) is 9.39 Å². The maximum absolute atomic E-state index is 10.9. The number of hydrogen-bond acceptors (Lipinski definition) is 1. The molecule has 3 heteroatoms. The second kappa shape index (κ2) is 2.74. The van der Waals surface area contributed by atoms with E-state index in [4.69, 9.17) is 0 Å². The minimum Gasteiger partial charge on any atom is -0.337 e. The van der Waals surface area contributed by atoms with Crippen molar-refractivity contribution in [3.63, 3.8) is 0 Å². The lowest BCUT2D eigenvalue weighted by molar-refractivity contribution is 0.101. The Morgan fingerprint density at radius 1 is 1.60 bits per heavy atom. The number of Topliss-reactive ketones (excluding diaryl/α,β-unsaturated/α-hetero) is 1. The van der Waals surface area contributed by atoms with Gasteiger partial charge < -0.3 is 4.57 Å². The molecule has 0 aliphatic rings. The molecule has 0 atom stereocenters. The van der Waals surface area contributed by atoms with E-state index in [1.165, 1.54) is 0 Å². The highest BCUT2D eigenvalue weighted by Gasteiger charge is 2.04. The van der Waals surface area contributed by atoms with Gasteiger partial charge in [-0.15, -0.1) is 0 Å². The van der Waals surface area contributed by atoms with E-state index in [9.17, 15) is 4.79 Å². The molecule has 1 rings (SSSR count). The Morgan fingerprint density at radius 3 is 2.40 bits per heavy atom. The summed E-state index contributed by atoms with van der Waals surface area (Å²) in [6, 6.07) is 3.77. The fourth-order valence-electron chi connectivity index (χ4n) is 0.840. The molecular formula is C7H8INO. The normalized spacial score (nSPS) is 9.90. The topological polar surface area (TPSA) is 22.0 Å². The number of aromatic nitrogens is 1. The summed E-state index contributed by atoms with van der Waals surface area (Å²) in [4.78, 5) is 10.9. The zero-order chi connectivity index (χ0) is 7.72. The first kappa shape index (κ1) is 7.78. The fraction of sp³-hybridized carbons (Fsp3) is 0.286. The Labute approximate surface area is 73.4 Å². The van der Waals surface area contributed by atoms with Crippen molar-refractivity contribution in [3.05, 3.63) is 21.5 Å². The Morgan fingerprint density at radius 2 is 2.20 bits per heavy atom. The number of carbonyl (C=O) groups excluding carboxylic acids is 1. The van der Waals surface area contributed by atoms with Crippen LogP contribution < -0.4 is 0 Å². The number of halogens is 1. The van der Waals surface area contributed by atoms with Gasteiger partial charge in [0.25, 0.3) is 0 Å². The molecule has 10 heavy (non-hydrogen) atoms. The van der Waals surface area contributed by atoms with Gasteiger partial charge in [-0.2, -0.15) is 0 Å². The molecule has 0 aliphatic heterocycles. The number of carbonyl (C=O) groups is 1. The van der Waals surface area contributed by atoms with Crippen LogP contribution in [0.15, 0.2) is 12.1 Å². The van der Waals surface area contributed by atoms with Crippen LogP contribution >= 0.6 is 22.6 Å². The first-order valence-electron chi connectivity index (χ1n) is 2.95. The van der Waals surface area contributed by atoms with E-state index in [1.54, 1.807) is 6.92 Å². The molecule has 0 spiro atoms. The monoisotopic (exact) mass is 249 g/mol. The van der Waals surface area contributed by atoms with Crippen LogP contribution in [0, 0.1) is 3.70 Å². The van der Waals surface area contributed by atoms with Crippen LogP contribution in [-0.2, 0) is 7.05 Å². The average molecular weight is 249 g/mol. The second-order valence-corrected chi connectivity index (χ2v) is 3.26. The van der Waals surface area contributed by atoms with E-state index in [-0.39, 0.29) is 5.78 Å². The van der Waals surface area contributed by atoms with Gasteiger partial charge in [0, 0.05) is 14.0 Å². The zero-order valence-corrected chi connectivity index (χ0v) is 8.05. The number of hydrogen-bond donors (Lipinski definition) is 0. The summed E-state index contributed by atoms with van der Waals surface area (Å²) < 4.78 is 2.96. The van der Waals surface area contributed by atoms with Gasteiger partial charge in [-0.1, -0.05) is 0 Å². The van der Waals surface area contributed by atoms with Crippen molar-refractivity contribution < 1.29 is 4.79 Å². The predicted molar refractivity (Wildman–Crippen MR) is 48.1 cm³/mol. The van der Waals surface area contributed by atoms with E-state index in [2.05, 4.69) is 22.6 Å². The third-order valence-corrected chi connectivity index (χ3v) is 2.50. The molecule has 0 bridgehead atoms. The van der Waals surface area contributed by atoms with Crippen molar-refractivity contribution >= 4 is 28.4 Å². The summed E-state index contributed by atoms with van der Waals surface area (Å²) in [5.41, 5.74) is 0.768. The van der Waals surface area contributed by atoms with Gasteiger partial charge in [0.05, 0.1) is 9.39 Å². The maximum atomic E-state index is 10.9. The minimum absolute atomic E-state index is 0.116. The van der Waals surface area contributed by atoms with Crippen molar-refractivity contribution in [2.24, 2.45) is 7.05 Å². The average Bonchev–Trinajstić information content (AvgIpc) is 2.14. The Hall–Kier alpha value is -0.320. The Balaban J connectivity index is 3.17. The lowest BCUT2D eigenvalue weighted by Crippen LogP contribution is -2.02. The standard InChI is InChI=1S/C7H8INO/c1-5(10)6-3-4-7(8)9(6)2/h3-4H,1-2H3. The van der Waals surface area contributed by atoms with Gasteiger partial charge >= 0.3 is 0 Å². The largest absolute Gasteiger partial charge is 0.337 e. The summed E-state index contributed by atoms with van der Waals surface area (Å²) in [6.45, 7) is 1.57. The first-order chi connectivity index (χ1) is 4.63. The number of rotatable bonds is 1. The van der Waals surface area contributed by atoms with E-state index < -0.39 is 0 Å². The molecule has 0 aromatic carbocycles. The lowest BCUT2D eigenvalue weighted by atomic mass is 10.3. The Bertz CT molecular complexity index is 265. The molecule has 1 heterocycles. The first-order valence-corrected chi connectivity index (χ1v) is 4.03. The summed E-state index contributed by atoms with van der Waals surface area (Å²) >= 11 is 2.19. The molecule has 0 saturated heterocycles. The molecule has 0 unspecified atom stereocenters. The smallest absolute Gasteiger partial charge is 0.176 e. The van der Waals surface area contributed by atoms with E-state index >= 15 is 0 Å². The lowest BCUT2D eigenvalue weighted by Gasteiger charge is -1.97. The minimum atomic E-state index is 0.116. The molecule has 0 amide bonds. The summed E-state index contributed by atoms with van der Waals surface area (Å²) in [5.74, 6) is 0.116. The Kier molecular flexibility index (Phi) is 2.13. The van der Waals surface area contributed by atoms with Crippen molar-refractivity contribution in [2.45, 2.75) is 6.92 Å². The highest BCUT2D eigenvalue weighted by Crippen LogP contribution is 2.09. The van der Waals surface area contributed by atoms with Gasteiger partial charge in [-0.05, 0) is 34.7 Å². The van der Waals surface area contributed by atoms with Crippen LogP contribution in [0.5, 0.6) is 0 Å². The predicted octanol–water partition coefficient (Wildman–Crippen LogP) is 1.83. The van der Waals surface area contributed by atoms with Crippen molar-refractivity contribution in [3.8, 4) is 0 Å². The molecule has 0 saturated carbocycles. The van der Waals surface area contributed by atoms with Crippen molar-refractivity contribution in [1.29, 1.82) is 0 Å². The highest BCUT2D eigenvalue weighted by molar-refractivity contribution is 14.1. The van der Waals surface area contributed by atoms with Gasteiger partial charge in [0.2, 0.25) is 0 Å². The van der Waals surface area contributed by atoms with Gasteiger partial charge in [-0.3, -0.25) is 4.79 Å². The molecule has 2 nitrogen and oxygen atoms in total. The quantitative estimate of drug-likeness (QED) is 0.549. The van der Waals surface area contributed by atoms with Crippen molar-refractivity contribution in [2.75, 3.05) is 0 Å².